The second-order valence-corrected chi connectivity index (χ2v) is 6.14. The van der Waals surface area contributed by atoms with Crippen LogP contribution in [-0.4, -0.2) is 5.78 Å². The predicted molar refractivity (Wildman–Crippen MR) is 74.6 cm³/mol. The van der Waals surface area contributed by atoms with Gasteiger partial charge in [0.1, 0.15) is 5.82 Å². The van der Waals surface area contributed by atoms with E-state index in [2.05, 4.69) is 31.9 Å². The van der Waals surface area contributed by atoms with Gasteiger partial charge >= 0.3 is 0 Å². The first-order valence-corrected chi connectivity index (χ1v) is 7.27. The average Bonchev–Trinajstić information content (AvgIpc) is 2.62. The van der Waals surface area contributed by atoms with Crippen molar-refractivity contribution in [1.29, 1.82) is 0 Å². The summed E-state index contributed by atoms with van der Waals surface area (Å²) in [5.41, 5.74) is -0.0208. The van der Waals surface area contributed by atoms with Crippen LogP contribution in [0.5, 0.6) is 0 Å². The van der Waals surface area contributed by atoms with E-state index in [0.29, 0.717) is 14.4 Å². The monoisotopic (exact) mass is 396 g/mol. The smallest absolute Gasteiger partial charge is 0.207 e. The summed E-state index contributed by atoms with van der Waals surface area (Å²) >= 11 is 13.6. The number of rotatable bonds is 2. The Balaban J connectivity index is 2.51. The van der Waals surface area contributed by atoms with Crippen molar-refractivity contribution in [3.63, 3.8) is 0 Å². The van der Waals surface area contributed by atoms with Crippen molar-refractivity contribution in [3.05, 3.63) is 53.8 Å². The van der Waals surface area contributed by atoms with E-state index in [1.807, 2.05) is 0 Å². The topological polar surface area (TPSA) is 17.1 Å². The van der Waals surface area contributed by atoms with E-state index in [4.69, 9.17) is 11.6 Å². The molecule has 0 atom stereocenters. The van der Waals surface area contributed by atoms with E-state index in [9.17, 15) is 9.18 Å². The summed E-state index contributed by atoms with van der Waals surface area (Å²) in [4.78, 5) is 12.6. The number of hydrogen-bond acceptors (Lipinski definition) is 2. The van der Waals surface area contributed by atoms with Gasteiger partial charge in [-0.15, -0.1) is 11.3 Å². The maximum absolute atomic E-state index is 13.5. The predicted octanol–water partition coefficient (Wildman–Crippen LogP) is 5.30. The molecule has 0 aliphatic heterocycles. The fraction of sp³-hybridized carbons (Fsp3) is 0. The lowest BCUT2D eigenvalue weighted by Gasteiger charge is -2.02. The Morgan fingerprint density at radius 3 is 2.65 bits per heavy atom. The molecule has 0 amide bonds. The molecule has 1 aromatic carbocycles. The minimum absolute atomic E-state index is 0.0208. The van der Waals surface area contributed by atoms with Gasteiger partial charge in [0.15, 0.2) is 0 Å². The number of hydrogen-bond donors (Lipinski definition) is 0. The third-order valence-corrected chi connectivity index (χ3v) is 5.83. The van der Waals surface area contributed by atoms with Crippen LogP contribution < -0.4 is 0 Å². The van der Waals surface area contributed by atoms with Crippen LogP contribution in [0.15, 0.2) is 32.5 Å². The zero-order valence-electron chi connectivity index (χ0n) is 8.14. The molecular weight excluding hydrogens is 394 g/mol. The van der Waals surface area contributed by atoms with Gasteiger partial charge in [-0.3, -0.25) is 4.79 Å². The summed E-state index contributed by atoms with van der Waals surface area (Å²) in [6.07, 6.45) is 0. The first-order chi connectivity index (χ1) is 8.00. The molecule has 0 radical (unpaired) electrons. The molecular formula is C11H4Br2ClFOS. The fourth-order valence-corrected chi connectivity index (χ4v) is 3.55. The number of carbonyl (C=O) groups is 1. The number of benzene rings is 1. The van der Waals surface area contributed by atoms with E-state index in [1.165, 1.54) is 29.5 Å². The Hall–Kier alpha value is -0.230. The normalized spacial score (nSPS) is 10.6. The Labute approximate surface area is 123 Å². The lowest BCUT2D eigenvalue weighted by molar-refractivity contribution is 0.103. The minimum Gasteiger partial charge on any atom is -0.288 e. The molecule has 17 heavy (non-hydrogen) atoms. The third-order valence-electron chi connectivity index (χ3n) is 2.07. The molecule has 0 saturated carbocycles. The molecule has 0 N–H and O–H groups in total. The second kappa shape index (κ2) is 5.18. The van der Waals surface area contributed by atoms with Crippen molar-refractivity contribution in [3.8, 4) is 0 Å². The van der Waals surface area contributed by atoms with Crippen molar-refractivity contribution in [2.75, 3.05) is 0 Å². The summed E-state index contributed by atoms with van der Waals surface area (Å²) in [5.74, 6) is -0.955. The van der Waals surface area contributed by atoms with Crippen LogP contribution in [0.4, 0.5) is 4.39 Å². The molecule has 6 heteroatoms. The molecule has 1 heterocycles. The van der Waals surface area contributed by atoms with Crippen LogP contribution in [0.2, 0.25) is 5.02 Å². The molecule has 88 valence electrons. The highest BCUT2D eigenvalue weighted by atomic mass is 79.9. The molecule has 0 unspecified atom stereocenters. The Bertz CT molecular complexity index is 597. The molecule has 2 rings (SSSR count). The minimum atomic E-state index is -0.573. The van der Waals surface area contributed by atoms with E-state index in [1.54, 1.807) is 5.38 Å². The lowest BCUT2D eigenvalue weighted by atomic mass is 10.1. The van der Waals surface area contributed by atoms with Gasteiger partial charge in [0, 0.05) is 14.9 Å². The number of carbonyl (C=O) groups excluding carboxylic acids is 1. The van der Waals surface area contributed by atoms with Crippen LogP contribution in [-0.2, 0) is 0 Å². The zero-order chi connectivity index (χ0) is 12.6. The van der Waals surface area contributed by atoms with Gasteiger partial charge < -0.3 is 0 Å². The summed E-state index contributed by atoms with van der Waals surface area (Å²) in [6, 6.07) is 3.93. The van der Waals surface area contributed by atoms with Gasteiger partial charge in [-0.2, -0.15) is 0 Å². The Morgan fingerprint density at radius 2 is 2.06 bits per heavy atom. The number of halogens is 4. The molecule has 2 aromatic rings. The van der Waals surface area contributed by atoms with Crippen molar-refractivity contribution in [1.82, 2.24) is 0 Å². The van der Waals surface area contributed by atoms with Gasteiger partial charge in [-0.25, -0.2) is 4.39 Å². The van der Waals surface area contributed by atoms with E-state index < -0.39 is 5.82 Å². The van der Waals surface area contributed by atoms with E-state index in [-0.39, 0.29) is 11.3 Å². The van der Waals surface area contributed by atoms with Crippen molar-refractivity contribution >= 4 is 60.6 Å². The zero-order valence-corrected chi connectivity index (χ0v) is 12.9. The largest absolute Gasteiger partial charge is 0.288 e. The van der Waals surface area contributed by atoms with Crippen molar-refractivity contribution in [2.24, 2.45) is 0 Å². The standard InChI is InChI=1S/C11H4Br2ClFOS/c12-7-4-17-11(9(7)13)10(16)6-3-5(14)1-2-8(6)15/h1-4H. The summed E-state index contributed by atoms with van der Waals surface area (Å²) in [6.45, 7) is 0. The third kappa shape index (κ3) is 2.62. The highest BCUT2D eigenvalue weighted by Crippen LogP contribution is 2.34. The van der Waals surface area contributed by atoms with Gasteiger partial charge in [0.05, 0.1) is 14.9 Å². The van der Waals surface area contributed by atoms with Crippen LogP contribution in [0.3, 0.4) is 0 Å². The van der Waals surface area contributed by atoms with Gasteiger partial charge in [-0.05, 0) is 50.1 Å². The van der Waals surface area contributed by atoms with Gasteiger partial charge in [0.25, 0.3) is 0 Å². The van der Waals surface area contributed by atoms with Crippen LogP contribution in [0.25, 0.3) is 0 Å². The Morgan fingerprint density at radius 1 is 1.35 bits per heavy atom. The number of ketones is 1. The number of thiophene rings is 1. The highest BCUT2D eigenvalue weighted by Gasteiger charge is 2.20. The molecule has 0 fully saturated rings. The SMILES string of the molecule is O=C(c1cc(Cl)ccc1F)c1scc(Br)c1Br. The molecule has 0 bridgehead atoms. The summed E-state index contributed by atoms with van der Waals surface area (Å²) in [5, 5.41) is 2.10. The Kier molecular flexibility index (Phi) is 4.02. The quantitative estimate of drug-likeness (QED) is 0.628. The average molecular weight is 398 g/mol. The fourth-order valence-electron chi connectivity index (χ4n) is 1.27. The maximum Gasteiger partial charge on any atom is 0.207 e. The first-order valence-electron chi connectivity index (χ1n) is 4.43. The lowest BCUT2D eigenvalue weighted by Crippen LogP contribution is -2.02. The van der Waals surface area contributed by atoms with E-state index in [0.717, 1.165) is 4.47 Å². The molecule has 1 nitrogen and oxygen atoms in total. The molecule has 0 aliphatic rings. The molecule has 0 aliphatic carbocycles. The summed E-state index contributed by atoms with van der Waals surface area (Å²) < 4.78 is 14.9. The second-order valence-electron chi connectivity index (χ2n) is 3.18. The van der Waals surface area contributed by atoms with Crippen LogP contribution in [0.1, 0.15) is 15.2 Å². The summed E-state index contributed by atoms with van der Waals surface area (Å²) in [7, 11) is 0. The maximum atomic E-state index is 13.5. The van der Waals surface area contributed by atoms with Crippen LogP contribution >= 0.6 is 54.8 Å². The first kappa shape index (κ1) is 13.2. The molecule has 0 saturated heterocycles. The van der Waals surface area contributed by atoms with Gasteiger partial charge in [0.2, 0.25) is 5.78 Å². The van der Waals surface area contributed by atoms with E-state index >= 15 is 0 Å². The van der Waals surface area contributed by atoms with Crippen molar-refractivity contribution < 1.29 is 9.18 Å². The van der Waals surface area contributed by atoms with Crippen LogP contribution in [0, 0.1) is 5.82 Å². The van der Waals surface area contributed by atoms with Gasteiger partial charge in [-0.1, -0.05) is 11.6 Å². The van der Waals surface area contributed by atoms with Crippen molar-refractivity contribution in [2.45, 2.75) is 0 Å². The highest BCUT2D eigenvalue weighted by molar-refractivity contribution is 9.13. The molecule has 0 spiro atoms. The molecule has 1 aromatic heterocycles.